The number of hydrogen-bond acceptors (Lipinski definition) is 5. The molecule has 2 aromatic heterocycles. The Morgan fingerprint density at radius 3 is 3.19 bits per heavy atom. The first-order valence-electron chi connectivity index (χ1n) is 6.91. The number of thiazole rings is 1. The van der Waals surface area contributed by atoms with Crippen molar-refractivity contribution in [2.45, 2.75) is 25.3 Å². The number of amides is 2. The summed E-state index contributed by atoms with van der Waals surface area (Å²) in [5.74, 6) is 0. The van der Waals surface area contributed by atoms with Gasteiger partial charge < -0.3 is 15.3 Å². The second-order valence-corrected chi connectivity index (χ2v) is 5.82. The van der Waals surface area contributed by atoms with Crippen molar-refractivity contribution in [1.82, 2.24) is 19.7 Å². The van der Waals surface area contributed by atoms with E-state index in [2.05, 4.69) is 15.4 Å². The zero-order chi connectivity index (χ0) is 14.7. The van der Waals surface area contributed by atoms with Crippen molar-refractivity contribution in [2.75, 3.05) is 18.5 Å². The zero-order valence-corrected chi connectivity index (χ0v) is 12.3. The lowest BCUT2D eigenvalue weighted by molar-refractivity contribution is 0.115. The molecule has 2 amide bonds. The Morgan fingerprint density at radius 1 is 1.52 bits per heavy atom. The van der Waals surface area contributed by atoms with Crippen molar-refractivity contribution in [2.24, 2.45) is 0 Å². The molecule has 0 aliphatic carbocycles. The maximum Gasteiger partial charge on any atom is 0.322 e. The molecule has 3 heterocycles. The topological polar surface area (TPSA) is 83.3 Å². The highest BCUT2D eigenvalue weighted by Crippen LogP contribution is 2.19. The normalized spacial score (nSPS) is 18.7. The molecule has 0 spiro atoms. The number of carbonyl (C=O) groups is 1. The van der Waals surface area contributed by atoms with Crippen molar-refractivity contribution in [3.05, 3.63) is 24.0 Å². The monoisotopic (exact) mass is 307 g/mol. The number of carbonyl (C=O) groups excluding carboxylic acids is 1. The van der Waals surface area contributed by atoms with E-state index in [0.29, 0.717) is 12.2 Å². The molecular formula is C13H17N5O2S. The van der Waals surface area contributed by atoms with Crippen LogP contribution in [0.1, 0.15) is 19.3 Å². The molecule has 1 fully saturated rings. The summed E-state index contributed by atoms with van der Waals surface area (Å²) < 4.78 is 1.63. The lowest BCUT2D eigenvalue weighted by Gasteiger charge is -2.34. The Labute approximate surface area is 126 Å². The lowest BCUT2D eigenvalue weighted by Crippen LogP contribution is -2.47. The number of rotatable bonds is 3. The summed E-state index contributed by atoms with van der Waals surface area (Å²) in [6, 6.07) is -0.278. The van der Waals surface area contributed by atoms with E-state index in [1.807, 2.05) is 5.38 Å². The summed E-state index contributed by atoms with van der Waals surface area (Å²) in [6.45, 7) is 0.684. The van der Waals surface area contributed by atoms with Crippen LogP contribution in [0, 0.1) is 0 Å². The summed E-state index contributed by atoms with van der Waals surface area (Å²) in [7, 11) is 0. The molecule has 0 radical (unpaired) electrons. The largest absolute Gasteiger partial charge is 0.394 e. The van der Waals surface area contributed by atoms with Crippen LogP contribution in [0.3, 0.4) is 0 Å². The third-order valence-electron chi connectivity index (χ3n) is 3.55. The predicted octanol–water partition coefficient (Wildman–Crippen LogP) is 1.71. The molecule has 0 aromatic carbocycles. The Bertz CT molecular complexity index is 597. The minimum Gasteiger partial charge on any atom is -0.394 e. The maximum atomic E-state index is 12.3. The highest BCUT2D eigenvalue weighted by molar-refractivity contribution is 7.12. The van der Waals surface area contributed by atoms with Gasteiger partial charge in [0.15, 0.2) is 0 Å². The van der Waals surface area contributed by atoms with Crippen LogP contribution in [-0.2, 0) is 0 Å². The molecule has 8 heteroatoms. The van der Waals surface area contributed by atoms with E-state index < -0.39 is 0 Å². The van der Waals surface area contributed by atoms with Gasteiger partial charge >= 0.3 is 6.03 Å². The molecule has 1 aliphatic rings. The van der Waals surface area contributed by atoms with Crippen molar-refractivity contribution >= 4 is 23.1 Å². The van der Waals surface area contributed by atoms with E-state index in [1.165, 1.54) is 11.3 Å². The molecule has 0 bridgehead atoms. The molecule has 112 valence electrons. The van der Waals surface area contributed by atoms with E-state index in [9.17, 15) is 9.90 Å². The number of likely N-dealkylation sites (tertiary alicyclic amines) is 1. The van der Waals surface area contributed by atoms with Gasteiger partial charge in [-0.3, -0.25) is 0 Å². The fraction of sp³-hybridized carbons (Fsp3) is 0.462. The van der Waals surface area contributed by atoms with E-state index in [-0.39, 0.29) is 18.7 Å². The van der Waals surface area contributed by atoms with Gasteiger partial charge in [0.2, 0.25) is 5.13 Å². The Morgan fingerprint density at radius 2 is 2.43 bits per heavy atom. The zero-order valence-electron chi connectivity index (χ0n) is 11.5. The fourth-order valence-electron chi connectivity index (χ4n) is 2.47. The second kappa shape index (κ2) is 6.23. The summed E-state index contributed by atoms with van der Waals surface area (Å²) in [4.78, 5) is 18.1. The van der Waals surface area contributed by atoms with Crippen LogP contribution < -0.4 is 5.32 Å². The number of aliphatic hydroxyl groups excluding tert-OH is 1. The predicted molar refractivity (Wildman–Crippen MR) is 79.7 cm³/mol. The Hall–Kier alpha value is -1.93. The Kier molecular flexibility index (Phi) is 4.16. The average Bonchev–Trinajstić information content (AvgIpc) is 3.17. The molecule has 7 nitrogen and oxygen atoms in total. The summed E-state index contributed by atoms with van der Waals surface area (Å²) in [5, 5.41) is 19.0. The van der Waals surface area contributed by atoms with Gasteiger partial charge in [-0.05, 0) is 19.3 Å². The van der Waals surface area contributed by atoms with Gasteiger partial charge in [0.05, 0.1) is 30.7 Å². The van der Waals surface area contributed by atoms with Crippen LogP contribution >= 0.6 is 11.3 Å². The first-order chi connectivity index (χ1) is 10.3. The number of hydrogen-bond donors (Lipinski definition) is 2. The summed E-state index contributed by atoms with van der Waals surface area (Å²) in [5.41, 5.74) is 0.623. The van der Waals surface area contributed by atoms with Crippen LogP contribution in [0.15, 0.2) is 24.0 Å². The van der Waals surface area contributed by atoms with Gasteiger partial charge in [0, 0.05) is 18.1 Å². The summed E-state index contributed by atoms with van der Waals surface area (Å²) >= 11 is 1.47. The average molecular weight is 307 g/mol. The molecule has 1 saturated heterocycles. The SMILES string of the molecule is O=C(Nc1cnn(-c2nccs2)c1)N1CCCCC1CO. The van der Waals surface area contributed by atoms with Gasteiger partial charge in [-0.1, -0.05) is 0 Å². The van der Waals surface area contributed by atoms with Crippen LogP contribution in [0.2, 0.25) is 0 Å². The smallest absolute Gasteiger partial charge is 0.322 e. The first-order valence-corrected chi connectivity index (χ1v) is 7.79. The number of aromatic nitrogens is 3. The lowest BCUT2D eigenvalue weighted by atomic mass is 10.0. The standard InChI is InChI=1S/C13H17N5O2S/c19-9-11-3-1-2-5-17(11)12(20)16-10-7-15-18(8-10)13-14-4-6-21-13/h4,6-8,11,19H,1-3,5,9H2,(H,16,20). The van der Waals surface area contributed by atoms with Gasteiger partial charge in [0.25, 0.3) is 0 Å². The van der Waals surface area contributed by atoms with E-state index in [4.69, 9.17) is 0 Å². The second-order valence-electron chi connectivity index (χ2n) is 4.94. The van der Waals surface area contributed by atoms with Crippen molar-refractivity contribution < 1.29 is 9.90 Å². The van der Waals surface area contributed by atoms with E-state index in [0.717, 1.165) is 24.4 Å². The minimum absolute atomic E-state index is 0.00575. The molecule has 3 rings (SSSR count). The van der Waals surface area contributed by atoms with E-state index in [1.54, 1.807) is 28.2 Å². The third-order valence-corrected chi connectivity index (χ3v) is 4.31. The minimum atomic E-state index is -0.188. The number of nitrogens with one attached hydrogen (secondary N) is 1. The van der Waals surface area contributed by atoms with Gasteiger partial charge in [-0.15, -0.1) is 11.3 Å². The molecule has 2 N–H and O–H groups in total. The van der Waals surface area contributed by atoms with Crippen molar-refractivity contribution in [1.29, 1.82) is 0 Å². The fourth-order valence-corrected chi connectivity index (χ4v) is 3.05. The van der Waals surface area contributed by atoms with Crippen LogP contribution in [0.5, 0.6) is 0 Å². The Balaban J connectivity index is 1.67. The summed E-state index contributed by atoms with van der Waals surface area (Å²) in [6.07, 6.45) is 7.91. The first kappa shape index (κ1) is 14.0. The van der Waals surface area contributed by atoms with Crippen LogP contribution in [0.25, 0.3) is 5.13 Å². The molecule has 1 unspecified atom stereocenters. The molecule has 2 aromatic rings. The van der Waals surface area contributed by atoms with Gasteiger partial charge in [-0.2, -0.15) is 5.10 Å². The number of urea groups is 1. The number of nitrogens with zero attached hydrogens (tertiary/aromatic N) is 4. The molecule has 21 heavy (non-hydrogen) atoms. The quantitative estimate of drug-likeness (QED) is 0.904. The van der Waals surface area contributed by atoms with Crippen LogP contribution in [0.4, 0.5) is 10.5 Å². The number of piperidine rings is 1. The molecular weight excluding hydrogens is 290 g/mol. The molecule has 1 aliphatic heterocycles. The van der Waals surface area contributed by atoms with Gasteiger partial charge in [-0.25, -0.2) is 14.5 Å². The number of aliphatic hydroxyl groups is 1. The van der Waals surface area contributed by atoms with Crippen LogP contribution in [-0.4, -0.2) is 50.0 Å². The molecule has 0 saturated carbocycles. The van der Waals surface area contributed by atoms with E-state index >= 15 is 0 Å². The molecule has 1 atom stereocenters. The number of anilines is 1. The highest BCUT2D eigenvalue weighted by atomic mass is 32.1. The van der Waals surface area contributed by atoms with Crippen molar-refractivity contribution in [3.8, 4) is 5.13 Å². The third kappa shape index (κ3) is 3.06. The van der Waals surface area contributed by atoms with Gasteiger partial charge in [0.1, 0.15) is 0 Å². The highest BCUT2D eigenvalue weighted by Gasteiger charge is 2.26. The maximum absolute atomic E-state index is 12.3. The van der Waals surface area contributed by atoms with Crippen molar-refractivity contribution in [3.63, 3.8) is 0 Å².